The Labute approximate surface area is 93.3 Å². The predicted molar refractivity (Wildman–Crippen MR) is 62.7 cm³/mol. The number of ether oxygens (including phenoxy) is 1. The molecule has 1 heterocycles. The van der Waals surface area contributed by atoms with Gasteiger partial charge >= 0.3 is 0 Å². The molecule has 1 aromatic carbocycles. The van der Waals surface area contributed by atoms with Crippen molar-refractivity contribution >= 4 is 17.5 Å². The van der Waals surface area contributed by atoms with Crippen LogP contribution in [0.3, 0.4) is 0 Å². The van der Waals surface area contributed by atoms with Crippen LogP contribution in [0.1, 0.15) is 0 Å². The smallest absolute Gasteiger partial charge is 0.221 e. The van der Waals surface area contributed by atoms with E-state index in [-0.39, 0.29) is 5.95 Å². The molecule has 0 saturated carbocycles. The molecule has 0 aliphatic rings. The third kappa shape index (κ3) is 2.38. The first-order valence-corrected chi connectivity index (χ1v) is 4.77. The van der Waals surface area contributed by atoms with E-state index in [9.17, 15) is 0 Å². The summed E-state index contributed by atoms with van der Waals surface area (Å²) in [4.78, 5) is 7.85. The molecule has 0 saturated heterocycles. The Balaban J connectivity index is 2.14. The Morgan fingerprint density at radius 2 is 1.94 bits per heavy atom. The van der Waals surface area contributed by atoms with Crippen LogP contribution in [0.2, 0.25) is 0 Å². The number of hydrogen-bond donors (Lipinski definition) is 2. The zero-order chi connectivity index (χ0) is 11.4. The lowest BCUT2D eigenvalue weighted by Crippen LogP contribution is -1.98. The Morgan fingerprint density at radius 1 is 1.19 bits per heavy atom. The second-order valence-electron chi connectivity index (χ2n) is 3.15. The van der Waals surface area contributed by atoms with Gasteiger partial charge in [0.25, 0.3) is 0 Å². The zero-order valence-corrected chi connectivity index (χ0v) is 8.84. The second-order valence-corrected chi connectivity index (χ2v) is 3.15. The number of aromatic nitrogens is 2. The van der Waals surface area contributed by atoms with E-state index in [1.54, 1.807) is 19.4 Å². The topological polar surface area (TPSA) is 73.1 Å². The van der Waals surface area contributed by atoms with Gasteiger partial charge in [0, 0.05) is 11.9 Å². The molecule has 0 aliphatic carbocycles. The molecule has 0 unspecified atom stereocenters. The number of nitrogen functional groups attached to an aromatic ring is 1. The lowest BCUT2D eigenvalue weighted by molar-refractivity contribution is 0.415. The highest BCUT2D eigenvalue weighted by atomic mass is 16.5. The van der Waals surface area contributed by atoms with Gasteiger partial charge in [0.05, 0.1) is 7.11 Å². The van der Waals surface area contributed by atoms with Gasteiger partial charge in [-0.1, -0.05) is 0 Å². The van der Waals surface area contributed by atoms with Crippen LogP contribution in [0.25, 0.3) is 0 Å². The van der Waals surface area contributed by atoms with Gasteiger partial charge in [0.1, 0.15) is 11.6 Å². The highest BCUT2D eigenvalue weighted by Gasteiger charge is 1.97. The molecule has 0 fully saturated rings. The number of nitrogens with zero attached hydrogens (tertiary/aromatic N) is 2. The van der Waals surface area contributed by atoms with Gasteiger partial charge in [-0.25, -0.2) is 4.98 Å². The molecule has 2 rings (SSSR count). The maximum atomic E-state index is 5.48. The molecule has 0 aliphatic heterocycles. The van der Waals surface area contributed by atoms with Crippen molar-refractivity contribution in [1.82, 2.24) is 9.97 Å². The van der Waals surface area contributed by atoms with E-state index < -0.39 is 0 Å². The van der Waals surface area contributed by atoms with Crippen LogP contribution < -0.4 is 15.8 Å². The quantitative estimate of drug-likeness (QED) is 0.818. The molecule has 1 aromatic heterocycles. The largest absolute Gasteiger partial charge is 0.497 e. The van der Waals surface area contributed by atoms with Gasteiger partial charge in [-0.15, -0.1) is 0 Å². The summed E-state index contributed by atoms with van der Waals surface area (Å²) >= 11 is 0. The van der Waals surface area contributed by atoms with Crippen LogP contribution in [0, 0.1) is 0 Å². The van der Waals surface area contributed by atoms with Gasteiger partial charge in [-0.3, -0.25) is 0 Å². The predicted octanol–water partition coefficient (Wildman–Crippen LogP) is 1.81. The van der Waals surface area contributed by atoms with Crippen LogP contribution in [0.4, 0.5) is 17.5 Å². The molecule has 0 amide bonds. The average Bonchev–Trinajstić information content (AvgIpc) is 2.30. The molecule has 0 radical (unpaired) electrons. The fourth-order valence-corrected chi connectivity index (χ4v) is 1.27. The molecule has 16 heavy (non-hydrogen) atoms. The van der Waals surface area contributed by atoms with Gasteiger partial charge in [-0.05, 0) is 30.3 Å². The summed E-state index contributed by atoms with van der Waals surface area (Å²) < 4.78 is 5.07. The molecule has 82 valence electrons. The monoisotopic (exact) mass is 216 g/mol. The molecule has 3 N–H and O–H groups in total. The number of benzene rings is 1. The highest BCUT2D eigenvalue weighted by molar-refractivity contribution is 5.57. The number of methoxy groups -OCH3 is 1. The number of nitrogens with one attached hydrogen (secondary N) is 1. The van der Waals surface area contributed by atoms with E-state index in [2.05, 4.69) is 15.3 Å². The molecular weight excluding hydrogens is 204 g/mol. The molecule has 5 nitrogen and oxygen atoms in total. The van der Waals surface area contributed by atoms with Crippen molar-refractivity contribution < 1.29 is 4.74 Å². The highest BCUT2D eigenvalue weighted by Crippen LogP contribution is 2.18. The normalized spacial score (nSPS) is 9.81. The van der Waals surface area contributed by atoms with Crippen molar-refractivity contribution in [2.75, 3.05) is 18.2 Å². The van der Waals surface area contributed by atoms with Crippen molar-refractivity contribution in [2.24, 2.45) is 0 Å². The average molecular weight is 216 g/mol. The van der Waals surface area contributed by atoms with Gasteiger partial charge in [-0.2, -0.15) is 4.98 Å². The molecule has 2 aromatic rings. The first-order chi connectivity index (χ1) is 7.78. The fraction of sp³-hybridized carbons (Fsp3) is 0.0909. The van der Waals surface area contributed by atoms with Crippen LogP contribution >= 0.6 is 0 Å². The number of rotatable bonds is 3. The lowest BCUT2D eigenvalue weighted by atomic mass is 10.3. The van der Waals surface area contributed by atoms with Crippen LogP contribution in [0.15, 0.2) is 36.5 Å². The Bertz CT molecular complexity index is 470. The van der Waals surface area contributed by atoms with E-state index in [1.807, 2.05) is 24.3 Å². The van der Waals surface area contributed by atoms with E-state index >= 15 is 0 Å². The number of hydrogen-bond acceptors (Lipinski definition) is 5. The summed E-state index contributed by atoms with van der Waals surface area (Å²) in [5, 5.41) is 3.11. The van der Waals surface area contributed by atoms with E-state index in [0.29, 0.717) is 5.82 Å². The minimum absolute atomic E-state index is 0.249. The van der Waals surface area contributed by atoms with E-state index in [1.165, 1.54) is 0 Å². The summed E-state index contributed by atoms with van der Waals surface area (Å²) in [7, 11) is 1.63. The third-order valence-corrected chi connectivity index (χ3v) is 2.04. The number of nitrogens with two attached hydrogens (primary N) is 1. The van der Waals surface area contributed by atoms with Crippen molar-refractivity contribution in [2.45, 2.75) is 0 Å². The summed E-state index contributed by atoms with van der Waals surface area (Å²) in [6.45, 7) is 0. The maximum Gasteiger partial charge on any atom is 0.221 e. The van der Waals surface area contributed by atoms with Crippen molar-refractivity contribution in [3.8, 4) is 5.75 Å². The van der Waals surface area contributed by atoms with Crippen LogP contribution in [-0.4, -0.2) is 17.1 Å². The van der Waals surface area contributed by atoms with E-state index in [4.69, 9.17) is 10.5 Å². The summed E-state index contributed by atoms with van der Waals surface area (Å²) in [6, 6.07) is 9.29. The summed E-state index contributed by atoms with van der Waals surface area (Å²) in [6.07, 6.45) is 1.61. The van der Waals surface area contributed by atoms with Crippen LogP contribution in [0.5, 0.6) is 5.75 Å². The minimum Gasteiger partial charge on any atom is -0.497 e. The van der Waals surface area contributed by atoms with Crippen LogP contribution in [-0.2, 0) is 0 Å². The van der Waals surface area contributed by atoms with Gasteiger partial charge < -0.3 is 15.8 Å². The van der Waals surface area contributed by atoms with Gasteiger partial charge in [0.15, 0.2) is 0 Å². The molecule has 5 heteroatoms. The molecule has 0 spiro atoms. The SMILES string of the molecule is COc1ccc(Nc2ccnc(N)n2)cc1. The van der Waals surface area contributed by atoms with Crippen molar-refractivity contribution in [3.05, 3.63) is 36.5 Å². The van der Waals surface area contributed by atoms with Gasteiger partial charge in [0.2, 0.25) is 5.95 Å². The fourth-order valence-electron chi connectivity index (χ4n) is 1.27. The molecule has 0 atom stereocenters. The lowest BCUT2D eigenvalue weighted by Gasteiger charge is -2.06. The van der Waals surface area contributed by atoms with Crippen molar-refractivity contribution in [1.29, 1.82) is 0 Å². The first kappa shape index (κ1) is 10.2. The zero-order valence-electron chi connectivity index (χ0n) is 8.84. The molecule has 0 bridgehead atoms. The third-order valence-electron chi connectivity index (χ3n) is 2.04. The van der Waals surface area contributed by atoms with E-state index in [0.717, 1.165) is 11.4 Å². The maximum absolute atomic E-state index is 5.48. The Hall–Kier alpha value is -2.30. The minimum atomic E-state index is 0.249. The Kier molecular flexibility index (Phi) is 2.86. The standard InChI is InChI=1S/C11H12N4O/c1-16-9-4-2-8(3-5-9)14-10-6-7-13-11(12)15-10/h2-7H,1H3,(H3,12,13,14,15). The summed E-state index contributed by atoms with van der Waals surface area (Å²) in [5.41, 5.74) is 6.39. The first-order valence-electron chi connectivity index (χ1n) is 4.77. The molecular formula is C11H12N4O. The number of anilines is 3. The van der Waals surface area contributed by atoms with Crippen molar-refractivity contribution in [3.63, 3.8) is 0 Å². The second kappa shape index (κ2) is 4.48. The Morgan fingerprint density at radius 3 is 2.56 bits per heavy atom. The summed E-state index contributed by atoms with van der Waals surface area (Å²) in [5.74, 6) is 1.73.